The molecule has 1 amide bonds. The van der Waals surface area contributed by atoms with Gasteiger partial charge in [0.1, 0.15) is 0 Å². The van der Waals surface area contributed by atoms with Crippen molar-refractivity contribution >= 4 is 15.9 Å². The van der Waals surface area contributed by atoms with Crippen LogP contribution in [-0.2, 0) is 19.5 Å². The molecule has 2 atom stereocenters. The Labute approximate surface area is 164 Å². The summed E-state index contributed by atoms with van der Waals surface area (Å²) in [5.74, 6) is -0.602. The summed E-state index contributed by atoms with van der Waals surface area (Å²) in [6.45, 7) is 3.52. The van der Waals surface area contributed by atoms with Crippen molar-refractivity contribution in [1.29, 1.82) is 0 Å². The molecule has 28 heavy (non-hydrogen) atoms. The molecule has 1 fully saturated rings. The molecule has 0 saturated carbocycles. The maximum absolute atomic E-state index is 12.8. The normalized spacial score (nSPS) is 21.1. The van der Waals surface area contributed by atoms with Gasteiger partial charge in [-0.1, -0.05) is 0 Å². The van der Waals surface area contributed by atoms with E-state index in [-0.39, 0.29) is 48.9 Å². The van der Waals surface area contributed by atoms with Gasteiger partial charge in [0.05, 0.1) is 30.3 Å². The van der Waals surface area contributed by atoms with E-state index >= 15 is 0 Å². The van der Waals surface area contributed by atoms with Gasteiger partial charge in [-0.3, -0.25) is 4.79 Å². The summed E-state index contributed by atoms with van der Waals surface area (Å²) in [5, 5.41) is 0. The Kier molecular flexibility index (Phi) is 7.87. The summed E-state index contributed by atoms with van der Waals surface area (Å²) >= 11 is 0. The molecule has 1 aliphatic rings. The first-order valence-electron chi connectivity index (χ1n) is 8.97. The molecule has 10 heteroatoms. The van der Waals surface area contributed by atoms with Gasteiger partial charge < -0.3 is 14.4 Å². The van der Waals surface area contributed by atoms with Crippen molar-refractivity contribution in [3.63, 3.8) is 0 Å². The lowest BCUT2D eigenvalue weighted by molar-refractivity contribution is -0.0440. The highest BCUT2D eigenvalue weighted by Crippen LogP contribution is 2.22. The molecule has 1 saturated heterocycles. The zero-order valence-corrected chi connectivity index (χ0v) is 17.0. The quantitative estimate of drug-likeness (QED) is 0.642. The Morgan fingerprint density at radius 2 is 1.82 bits per heavy atom. The number of benzene rings is 1. The Morgan fingerprint density at radius 3 is 2.32 bits per heavy atom. The molecule has 1 aliphatic heterocycles. The van der Waals surface area contributed by atoms with E-state index in [1.165, 1.54) is 35.7 Å². The third-order valence-electron chi connectivity index (χ3n) is 4.34. The molecule has 0 radical (unpaired) electrons. The van der Waals surface area contributed by atoms with Gasteiger partial charge in [-0.2, -0.15) is 4.31 Å². The average Bonchev–Trinajstić information content (AvgIpc) is 2.63. The van der Waals surface area contributed by atoms with Gasteiger partial charge in [-0.15, -0.1) is 0 Å². The lowest BCUT2D eigenvalue weighted by Gasteiger charge is -2.34. The van der Waals surface area contributed by atoms with Crippen molar-refractivity contribution in [3.05, 3.63) is 29.8 Å². The number of nitrogens with zero attached hydrogens (tertiary/aromatic N) is 2. The minimum absolute atomic E-state index is 0.0171. The Morgan fingerprint density at radius 1 is 1.25 bits per heavy atom. The van der Waals surface area contributed by atoms with E-state index in [4.69, 9.17) is 9.47 Å². The first-order valence-corrected chi connectivity index (χ1v) is 10.4. The highest BCUT2D eigenvalue weighted by molar-refractivity contribution is 7.89. The van der Waals surface area contributed by atoms with Crippen LogP contribution >= 0.6 is 0 Å². The zero-order valence-electron chi connectivity index (χ0n) is 16.2. The van der Waals surface area contributed by atoms with E-state index in [1.807, 2.05) is 0 Å². The SMILES string of the molecule is COCCN(CC(F)F)C(=O)c1ccc(S(=O)(=O)N2CC(C)OC(C)C2)cc1. The van der Waals surface area contributed by atoms with Crippen LogP contribution in [0.4, 0.5) is 8.78 Å². The Balaban J connectivity index is 2.18. The third-order valence-corrected chi connectivity index (χ3v) is 6.18. The molecule has 2 rings (SSSR count). The fourth-order valence-electron chi connectivity index (χ4n) is 3.07. The van der Waals surface area contributed by atoms with Crippen LogP contribution in [0, 0.1) is 0 Å². The lowest BCUT2D eigenvalue weighted by atomic mass is 10.2. The molecule has 0 N–H and O–H groups in total. The third kappa shape index (κ3) is 5.69. The maximum atomic E-state index is 12.8. The van der Waals surface area contributed by atoms with Crippen molar-refractivity contribution in [1.82, 2.24) is 9.21 Å². The van der Waals surface area contributed by atoms with Crippen LogP contribution in [0.5, 0.6) is 0 Å². The van der Waals surface area contributed by atoms with E-state index in [1.54, 1.807) is 13.8 Å². The molecule has 2 unspecified atom stereocenters. The molecule has 158 valence electrons. The number of amides is 1. The zero-order chi connectivity index (χ0) is 20.9. The fraction of sp³-hybridized carbons (Fsp3) is 0.611. The molecule has 0 bridgehead atoms. The first kappa shape index (κ1) is 22.7. The topological polar surface area (TPSA) is 76.2 Å². The fourth-order valence-corrected chi connectivity index (χ4v) is 4.66. The largest absolute Gasteiger partial charge is 0.383 e. The van der Waals surface area contributed by atoms with Crippen LogP contribution in [0.25, 0.3) is 0 Å². The highest BCUT2D eigenvalue weighted by atomic mass is 32.2. The first-order chi connectivity index (χ1) is 13.1. The second-order valence-corrected chi connectivity index (χ2v) is 8.68. The van der Waals surface area contributed by atoms with Crippen molar-refractivity contribution < 1.29 is 31.5 Å². The number of morpholine rings is 1. The molecule has 1 aromatic rings. The minimum Gasteiger partial charge on any atom is -0.383 e. The monoisotopic (exact) mass is 420 g/mol. The summed E-state index contributed by atoms with van der Waals surface area (Å²) in [5.41, 5.74) is 0.138. The summed E-state index contributed by atoms with van der Waals surface area (Å²) in [6, 6.07) is 5.33. The molecule has 0 spiro atoms. The standard InChI is InChI=1S/C18H26F2N2O5S/c1-13-10-22(11-14(2)27-13)28(24,25)16-6-4-15(5-7-16)18(23)21(8-9-26-3)12-17(19)20/h4-7,13-14,17H,8-12H2,1-3H3. The van der Waals surface area contributed by atoms with Gasteiger partial charge in [0, 0.05) is 32.3 Å². The van der Waals surface area contributed by atoms with Gasteiger partial charge in [-0.05, 0) is 38.1 Å². The molecule has 0 aliphatic carbocycles. The highest BCUT2D eigenvalue weighted by Gasteiger charge is 2.32. The lowest BCUT2D eigenvalue weighted by Crippen LogP contribution is -2.48. The van der Waals surface area contributed by atoms with Crippen molar-refractivity contribution in [2.45, 2.75) is 37.4 Å². The minimum atomic E-state index is -3.74. The summed E-state index contributed by atoms with van der Waals surface area (Å²) in [7, 11) is -2.32. The average molecular weight is 420 g/mol. The van der Waals surface area contributed by atoms with Crippen LogP contribution in [0.15, 0.2) is 29.2 Å². The number of methoxy groups -OCH3 is 1. The summed E-state index contributed by atoms with van der Waals surface area (Å²) in [6.07, 6.45) is -3.11. The predicted octanol–water partition coefficient (Wildman–Crippen LogP) is 1.84. The van der Waals surface area contributed by atoms with Gasteiger partial charge in [-0.25, -0.2) is 17.2 Å². The van der Waals surface area contributed by atoms with Gasteiger partial charge in [0.2, 0.25) is 10.0 Å². The van der Waals surface area contributed by atoms with Crippen LogP contribution in [0.3, 0.4) is 0 Å². The molecule has 1 heterocycles. The second-order valence-electron chi connectivity index (χ2n) is 6.74. The van der Waals surface area contributed by atoms with Gasteiger partial charge in [0.25, 0.3) is 12.3 Å². The number of hydrogen-bond acceptors (Lipinski definition) is 5. The van der Waals surface area contributed by atoms with E-state index in [0.29, 0.717) is 0 Å². The molecule has 0 aromatic heterocycles. The Hall–Kier alpha value is -1.62. The maximum Gasteiger partial charge on any atom is 0.255 e. The van der Waals surface area contributed by atoms with E-state index < -0.39 is 28.9 Å². The number of sulfonamides is 1. The number of halogens is 2. The molecule has 1 aromatic carbocycles. The van der Waals surface area contributed by atoms with E-state index in [9.17, 15) is 22.0 Å². The number of rotatable bonds is 8. The number of carbonyl (C=O) groups is 1. The number of hydrogen-bond donors (Lipinski definition) is 0. The smallest absolute Gasteiger partial charge is 0.255 e. The second kappa shape index (κ2) is 9.73. The van der Waals surface area contributed by atoms with E-state index in [2.05, 4.69) is 0 Å². The Bertz CT molecular complexity index is 748. The van der Waals surface area contributed by atoms with Crippen molar-refractivity contribution in [2.75, 3.05) is 39.9 Å². The molecular formula is C18H26F2N2O5S. The van der Waals surface area contributed by atoms with Crippen LogP contribution < -0.4 is 0 Å². The van der Waals surface area contributed by atoms with Crippen LogP contribution in [0.1, 0.15) is 24.2 Å². The summed E-state index contributed by atoms with van der Waals surface area (Å²) < 4.78 is 62.9. The van der Waals surface area contributed by atoms with Crippen LogP contribution in [0.2, 0.25) is 0 Å². The van der Waals surface area contributed by atoms with Crippen LogP contribution in [-0.4, -0.2) is 82.1 Å². The van der Waals surface area contributed by atoms with Gasteiger partial charge >= 0.3 is 0 Å². The summed E-state index contributed by atoms with van der Waals surface area (Å²) in [4.78, 5) is 13.5. The van der Waals surface area contributed by atoms with Crippen molar-refractivity contribution in [3.8, 4) is 0 Å². The molecular weight excluding hydrogens is 394 g/mol. The van der Waals surface area contributed by atoms with Gasteiger partial charge in [0.15, 0.2) is 0 Å². The predicted molar refractivity (Wildman–Crippen MR) is 99.0 cm³/mol. The van der Waals surface area contributed by atoms with Crippen molar-refractivity contribution in [2.24, 2.45) is 0 Å². The number of alkyl halides is 2. The molecule has 7 nitrogen and oxygen atoms in total. The van der Waals surface area contributed by atoms with E-state index in [0.717, 1.165) is 4.90 Å². The number of ether oxygens (including phenoxy) is 2. The number of carbonyl (C=O) groups excluding carboxylic acids is 1.